The first kappa shape index (κ1) is 17.5. The minimum atomic E-state index is -0.111. The molecule has 0 atom stereocenters. The third kappa shape index (κ3) is 3.61. The highest BCUT2D eigenvalue weighted by Crippen LogP contribution is 2.27. The lowest BCUT2D eigenvalue weighted by atomic mass is 10.2. The first-order valence-electron chi connectivity index (χ1n) is 8.62. The Labute approximate surface area is 161 Å². The molecule has 28 heavy (non-hydrogen) atoms. The molecule has 4 aromatic rings. The van der Waals surface area contributed by atoms with Crippen molar-refractivity contribution in [2.24, 2.45) is 0 Å². The molecule has 0 radical (unpaired) electrons. The normalized spacial score (nSPS) is 10.6. The molecule has 0 aliphatic rings. The molecule has 2 heterocycles. The van der Waals surface area contributed by atoms with Crippen molar-refractivity contribution in [3.8, 4) is 17.1 Å². The van der Waals surface area contributed by atoms with Gasteiger partial charge in [-0.2, -0.15) is 0 Å². The molecule has 0 bridgehead atoms. The Hall–Kier alpha value is -3.94. The van der Waals surface area contributed by atoms with Crippen LogP contribution in [0, 0.1) is 0 Å². The lowest BCUT2D eigenvalue weighted by Crippen LogP contribution is -2.05. The van der Waals surface area contributed by atoms with Gasteiger partial charge in [0.1, 0.15) is 11.3 Å². The SMILES string of the molecule is COc1ccc(-c2nc(Nc3ccc(NC(C)=O)cc3)c3[nH]cnc3n2)cc1. The predicted octanol–water partition coefficient (Wildman–Crippen LogP) is 3.73. The number of hydrogen-bond donors (Lipinski definition) is 3. The fourth-order valence-corrected chi connectivity index (χ4v) is 2.77. The van der Waals surface area contributed by atoms with Crippen LogP contribution < -0.4 is 15.4 Å². The number of ether oxygens (including phenoxy) is 1. The Morgan fingerprint density at radius 1 is 1.00 bits per heavy atom. The van der Waals surface area contributed by atoms with Gasteiger partial charge < -0.3 is 20.4 Å². The van der Waals surface area contributed by atoms with Crippen LogP contribution >= 0.6 is 0 Å². The number of nitrogens with zero attached hydrogens (tertiary/aromatic N) is 3. The van der Waals surface area contributed by atoms with Gasteiger partial charge in [-0.3, -0.25) is 4.79 Å². The summed E-state index contributed by atoms with van der Waals surface area (Å²) >= 11 is 0. The Kier molecular flexibility index (Phi) is 4.59. The second-order valence-electron chi connectivity index (χ2n) is 6.11. The molecule has 0 aliphatic carbocycles. The molecule has 2 aromatic carbocycles. The quantitative estimate of drug-likeness (QED) is 0.492. The van der Waals surface area contributed by atoms with Gasteiger partial charge in [-0.25, -0.2) is 15.0 Å². The fourth-order valence-electron chi connectivity index (χ4n) is 2.77. The van der Waals surface area contributed by atoms with Crippen molar-refractivity contribution >= 4 is 34.3 Å². The van der Waals surface area contributed by atoms with Crippen molar-refractivity contribution in [2.45, 2.75) is 6.92 Å². The zero-order chi connectivity index (χ0) is 19.5. The summed E-state index contributed by atoms with van der Waals surface area (Å²) in [7, 11) is 1.63. The summed E-state index contributed by atoms with van der Waals surface area (Å²) in [4.78, 5) is 27.7. The molecule has 0 fully saturated rings. The molecule has 8 nitrogen and oxygen atoms in total. The van der Waals surface area contributed by atoms with E-state index in [0.29, 0.717) is 22.8 Å². The second kappa shape index (κ2) is 7.36. The highest BCUT2D eigenvalue weighted by molar-refractivity contribution is 5.89. The van der Waals surface area contributed by atoms with E-state index in [9.17, 15) is 4.79 Å². The van der Waals surface area contributed by atoms with Gasteiger partial charge in [-0.05, 0) is 48.5 Å². The largest absolute Gasteiger partial charge is 0.497 e. The van der Waals surface area contributed by atoms with Crippen LogP contribution in [0.2, 0.25) is 0 Å². The number of aromatic nitrogens is 4. The van der Waals surface area contributed by atoms with Crippen molar-refractivity contribution in [3.63, 3.8) is 0 Å². The number of rotatable bonds is 5. The number of carbonyl (C=O) groups excluding carboxylic acids is 1. The van der Waals surface area contributed by atoms with E-state index < -0.39 is 0 Å². The number of nitrogens with one attached hydrogen (secondary N) is 3. The summed E-state index contributed by atoms with van der Waals surface area (Å²) in [6.07, 6.45) is 1.59. The summed E-state index contributed by atoms with van der Waals surface area (Å²) in [6, 6.07) is 14.9. The van der Waals surface area contributed by atoms with Crippen LogP contribution in [-0.4, -0.2) is 33.0 Å². The standard InChI is InChI=1S/C20H18N6O2/c1-12(27)23-14-5-7-15(8-6-14)24-20-17-19(22-11-21-17)25-18(26-20)13-3-9-16(28-2)10-4-13/h3-11H,1-2H3,(H,23,27)(H2,21,22,24,25,26). The first-order chi connectivity index (χ1) is 13.6. The van der Waals surface area contributed by atoms with Crippen molar-refractivity contribution in [1.82, 2.24) is 19.9 Å². The van der Waals surface area contributed by atoms with Crippen LogP contribution in [-0.2, 0) is 4.79 Å². The van der Waals surface area contributed by atoms with Gasteiger partial charge in [0.2, 0.25) is 5.91 Å². The van der Waals surface area contributed by atoms with E-state index in [2.05, 4.69) is 30.6 Å². The topological polar surface area (TPSA) is 105 Å². The van der Waals surface area contributed by atoms with Crippen LogP contribution in [0.15, 0.2) is 54.9 Å². The molecule has 0 saturated carbocycles. The number of fused-ring (bicyclic) bond motifs is 1. The van der Waals surface area contributed by atoms with E-state index in [0.717, 1.165) is 22.7 Å². The molecular weight excluding hydrogens is 356 g/mol. The molecule has 140 valence electrons. The lowest BCUT2D eigenvalue weighted by molar-refractivity contribution is -0.114. The molecule has 4 rings (SSSR count). The maximum Gasteiger partial charge on any atom is 0.221 e. The summed E-state index contributed by atoms with van der Waals surface area (Å²) < 4.78 is 5.20. The van der Waals surface area contributed by atoms with E-state index in [1.807, 2.05) is 48.5 Å². The van der Waals surface area contributed by atoms with Gasteiger partial charge in [-0.15, -0.1) is 0 Å². The molecule has 0 unspecified atom stereocenters. The van der Waals surface area contributed by atoms with Crippen molar-refractivity contribution in [2.75, 3.05) is 17.7 Å². The number of amides is 1. The number of methoxy groups -OCH3 is 1. The van der Waals surface area contributed by atoms with Crippen LogP contribution in [0.25, 0.3) is 22.6 Å². The van der Waals surface area contributed by atoms with Crippen LogP contribution in [0.5, 0.6) is 5.75 Å². The molecule has 0 spiro atoms. The summed E-state index contributed by atoms with van der Waals surface area (Å²) in [5, 5.41) is 6.03. The highest BCUT2D eigenvalue weighted by Gasteiger charge is 2.12. The Morgan fingerprint density at radius 2 is 1.71 bits per heavy atom. The smallest absolute Gasteiger partial charge is 0.221 e. The van der Waals surface area contributed by atoms with Gasteiger partial charge in [0.05, 0.1) is 13.4 Å². The minimum absolute atomic E-state index is 0.111. The maximum absolute atomic E-state index is 11.2. The summed E-state index contributed by atoms with van der Waals surface area (Å²) in [5.41, 5.74) is 3.69. The Morgan fingerprint density at radius 3 is 2.39 bits per heavy atom. The van der Waals surface area contributed by atoms with Gasteiger partial charge in [-0.1, -0.05) is 0 Å². The second-order valence-corrected chi connectivity index (χ2v) is 6.11. The number of H-pyrrole nitrogens is 1. The predicted molar refractivity (Wildman–Crippen MR) is 108 cm³/mol. The van der Waals surface area contributed by atoms with Crippen LogP contribution in [0.3, 0.4) is 0 Å². The molecule has 0 aliphatic heterocycles. The van der Waals surface area contributed by atoms with Gasteiger partial charge >= 0.3 is 0 Å². The first-order valence-corrected chi connectivity index (χ1v) is 8.62. The van der Waals surface area contributed by atoms with E-state index >= 15 is 0 Å². The number of benzene rings is 2. The van der Waals surface area contributed by atoms with Crippen molar-refractivity contribution < 1.29 is 9.53 Å². The molecule has 3 N–H and O–H groups in total. The van der Waals surface area contributed by atoms with E-state index in [1.165, 1.54) is 6.92 Å². The Bertz CT molecular complexity index is 1120. The average Bonchev–Trinajstić information content (AvgIpc) is 3.18. The van der Waals surface area contributed by atoms with Crippen LogP contribution in [0.4, 0.5) is 17.2 Å². The summed E-state index contributed by atoms with van der Waals surface area (Å²) in [5.74, 6) is 1.82. The van der Waals surface area contributed by atoms with Crippen molar-refractivity contribution in [3.05, 3.63) is 54.9 Å². The number of carbonyl (C=O) groups is 1. The molecular formula is C20H18N6O2. The monoisotopic (exact) mass is 374 g/mol. The minimum Gasteiger partial charge on any atom is -0.497 e. The maximum atomic E-state index is 11.2. The third-order valence-corrected chi connectivity index (χ3v) is 4.10. The van der Waals surface area contributed by atoms with Gasteiger partial charge in [0.15, 0.2) is 17.3 Å². The highest BCUT2D eigenvalue weighted by atomic mass is 16.5. The zero-order valence-corrected chi connectivity index (χ0v) is 15.4. The number of hydrogen-bond acceptors (Lipinski definition) is 6. The Balaban J connectivity index is 1.67. The average molecular weight is 374 g/mol. The number of aromatic amines is 1. The third-order valence-electron chi connectivity index (χ3n) is 4.10. The summed E-state index contributed by atoms with van der Waals surface area (Å²) in [6.45, 7) is 1.47. The van der Waals surface area contributed by atoms with Crippen LogP contribution in [0.1, 0.15) is 6.92 Å². The zero-order valence-electron chi connectivity index (χ0n) is 15.4. The van der Waals surface area contributed by atoms with E-state index in [-0.39, 0.29) is 5.91 Å². The molecule has 2 aromatic heterocycles. The fraction of sp³-hybridized carbons (Fsp3) is 0.100. The van der Waals surface area contributed by atoms with E-state index in [1.54, 1.807) is 13.4 Å². The number of anilines is 3. The van der Waals surface area contributed by atoms with Gasteiger partial charge in [0.25, 0.3) is 0 Å². The lowest BCUT2D eigenvalue weighted by Gasteiger charge is -2.10. The van der Waals surface area contributed by atoms with Gasteiger partial charge in [0, 0.05) is 23.9 Å². The molecule has 8 heteroatoms. The molecule has 0 saturated heterocycles. The van der Waals surface area contributed by atoms with Crippen molar-refractivity contribution in [1.29, 1.82) is 0 Å². The van der Waals surface area contributed by atoms with E-state index in [4.69, 9.17) is 4.74 Å². The molecule has 1 amide bonds. The number of imidazole rings is 1.